The minimum absolute atomic E-state index is 0.0883. The molecule has 0 heterocycles. The standard InChI is InChI=1S/C12H16N2O/c1-12(2,3)11(15)14-13-9-10-7-5-4-6-8-10/h4-9H,1-3H3,(H,14,15)/b13-9+. The summed E-state index contributed by atoms with van der Waals surface area (Å²) < 4.78 is 0. The summed E-state index contributed by atoms with van der Waals surface area (Å²) in [7, 11) is 0. The zero-order valence-electron chi connectivity index (χ0n) is 9.32. The molecule has 15 heavy (non-hydrogen) atoms. The first kappa shape index (κ1) is 11.4. The van der Waals surface area contributed by atoms with Crippen molar-refractivity contribution in [2.24, 2.45) is 10.5 Å². The molecule has 0 atom stereocenters. The molecule has 0 saturated carbocycles. The molecular weight excluding hydrogens is 188 g/mol. The molecule has 0 aliphatic carbocycles. The van der Waals surface area contributed by atoms with Crippen LogP contribution < -0.4 is 5.43 Å². The molecule has 0 aliphatic rings. The molecule has 0 saturated heterocycles. The van der Waals surface area contributed by atoms with Gasteiger partial charge in [-0.25, -0.2) is 5.43 Å². The largest absolute Gasteiger partial charge is 0.273 e. The van der Waals surface area contributed by atoms with E-state index < -0.39 is 5.41 Å². The summed E-state index contributed by atoms with van der Waals surface area (Å²) in [4.78, 5) is 11.4. The van der Waals surface area contributed by atoms with Gasteiger partial charge in [-0.1, -0.05) is 51.1 Å². The van der Waals surface area contributed by atoms with Gasteiger partial charge in [0.1, 0.15) is 0 Å². The summed E-state index contributed by atoms with van der Waals surface area (Å²) in [6, 6.07) is 9.63. The average Bonchev–Trinajstić information content (AvgIpc) is 2.18. The van der Waals surface area contributed by atoms with Gasteiger partial charge < -0.3 is 0 Å². The zero-order valence-corrected chi connectivity index (χ0v) is 9.32. The Morgan fingerprint density at radius 1 is 1.27 bits per heavy atom. The van der Waals surface area contributed by atoms with E-state index in [-0.39, 0.29) is 5.91 Å². The lowest BCUT2D eigenvalue weighted by Gasteiger charge is -2.14. The number of carbonyl (C=O) groups is 1. The zero-order chi connectivity index (χ0) is 11.3. The minimum Gasteiger partial charge on any atom is -0.273 e. The first-order valence-corrected chi connectivity index (χ1v) is 4.89. The molecule has 0 aromatic heterocycles. The van der Waals surface area contributed by atoms with Crippen LogP contribution >= 0.6 is 0 Å². The number of carbonyl (C=O) groups excluding carboxylic acids is 1. The van der Waals surface area contributed by atoms with E-state index in [1.165, 1.54) is 0 Å². The minimum atomic E-state index is -0.409. The number of nitrogens with one attached hydrogen (secondary N) is 1. The van der Waals surface area contributed by atoms with Crippen LogP contribution in [-0.2, 0) is 4.79 Å². The summed E-state index contributed by atoms with van der Waals surface area (Å²) in [6.07, 6.45) is 1.63. The van der Waals surface area contributed by atoms with Gasteiger partial charge >= 0.3 is 0 Å². The fourth-order valence-corrected chi connectivity index (χ4v) is 0.872. The number of rotatable bonds is 2. The molecule has 0 radical (unpaired) electrons. The molecule has 0 aliphatic heterocycles. The Morgan fingerprint density at radius 2 is 1.87 bits per heavy atom. The number of amides is 1. The fraction of sp³-hybridized carbons (Fsp3) is 0.333. The second-order valence-electron chi connectivity index (χ2n) is 4.36. The van der Waals surface area contributed by atoms with Crippen molar-refractivity contribution in [1.29, 1.82) is 0 Å². The lowest BCUT2D eigenvalue weighted by molar-refractivity contribution is -0.128. The lowest BCUT2D eigenvalue weighted by atomic mass is 9.96. The number of hydrogen-bond acceptors (Lipinski definition) is 2. The number of nitrogens with zero attached hydrogens (tertiary/aromatic N) is 1. The second-order valence-corrected chi connectivity index (χ2v) is 4.36. The second kappa shape index (κ2) is 4.73. The third-order valence-electron chi connectivity index (χ3n) is 1.86. The Bertz CT molecular complexity index is 350. The van der Waals surface area contributed by atoms with Crippen molar-refractivity contribution in [3.05, 3.63) is 35.9 Å². The maximum absolute atomic E-state index is 11.4. The SMILES string of the molecule is CC(C)(C)C(=O)N/N=C/c1ccccc1. The van der Waals surface area contributed by atoms with E-state index in [0.717, 1.165) is 5.56 Å². The van der Waals surface area contributed by atoms with Crippen LogP contribution in [-0.4, -0.2) is 12.1 Å². The molecule has 0 spiro atoms. The van der Waals surface area contributed by atoms with Gasteiger partial charge in [0.05, 0.1) is 6.21 Å². The van der Waals surface area contributed by atoms with Crippen molar-refractivity contribution in [1.82, 2.24) is 5.43 Å². The first-order chi connectivity index (χ1) is 7.00. The molecule has 0 bridgehead atoms. The Morgan fingerprint density at radius 3 is 2.40 bits per heavy atom. The van der Waals surface area contributed by atoms with Crippen molar-refractivity contribution in [2.45, 2.75) is 20.8 Å². The van der Waals surface area contributed by atoms with Gasteiger partial charge in [-0.15, -0.1) is 0 Å². The van der Waals surface area contributed by atoms with Crippen LogP contribution in [0.5, 0.6) is 0 Å². The molecule has 80 valence electrons. The van der Waals surface area contributed by atoms with Crippen molar-refractivity contribution in [3.8, 4) is 0 Å². The van der Waals surface area contributed by atoms with Crippen LogP contribution in [0.4, 0.5) is 0 Å². The van der Waals surface area contributed by atoms with E-state index in [1.807, 2.05) is 51.1 Å². The smallest absolute Gasteiger partial charge is 0.245 e. The number of hydrazone groups is 1. The molecule has 3 heteroatoms. The highest BCUT2D eigenvalue weighted by atomic mass is 16.2. The van der Waals surface area contributed by atoms with E-state index in [0.29, 0.717) is 0 Å². The molecule has 0 fully saturated rings. The quantitative estimate of drug-likeness (QED) is 0.582. The average molecular weight is 204 g/mol. The summed E-state index contributed by atoms with van der Waals surface area (Å²) in [6.45, 7) is 5.54. The fourth-order valence-electron chi connectivity index (χ4n) is 0.872. The molecule has 3 nitrogen and oxygen atoms in total. The molecule has 1 aromatic carbocycles. The van der Waals surface area contributed by atoms with Gasteiger partial charge in [0.15, 0.2) is 0 Å². The van der Waals surface area contributed by atoms with E-state index >= 15 is 0 Å². The van der Waals surface area contributed by atoms with Gasteiger partial charge in [-0.2, -0.15) is 5.10 Å². The number of hydrogen-bond donors (Lipinski definition) is 1. The van der Waals surface area contributed by atoms with Crippen LogP contribution in [0.2, 0.25) is 0 Å². The van der Waals surface area contributed by atoms with Crippen LogP contribution in [0.15, 0.2) is 35.4 Å². The molecule has 1 aromatic rings. The monoisotopic (exact) mass is 204 g/mol. The highest BCUT2D eigenvalue weighted by molar-refractivity contribution is 5.84. The van der Waals surface area contributed by atoms with Gasteiger partial charge in [0, 0.05) is 5.41 Å². The lowest BCUT2D eigenvalue weighted by Crippen LogP contribution is -2.31. The maximum atomic E-state index is 11.4. The number of benzene rings is 1. The third kappa shape index (κ3) is 3.94. The predicted molar refractivity (Wildman–Crippen MR) is 61.6 cm³/mol. The van der Waals surface area contributed by atoms with Crippen molar-refractivity contribution >= 4 is 12.1 Å². The molecular formula is C12H16N2O. The van der Waals surface area contributed by atoms with E-state index in [2.05, 4.69) is 10.5 Å². The van der Waals surface area contributed by atoms with Gasteiger partial charge in [0.25, 0.3) is 0 Å². The topological polar surface area (TPSA) is 41.5 Å². The van der Waals surface area contributed by atoms with Gasteiger partial charge in [0.2, 0.25) is 5.91 Å². The van der Waals surface area contributed by atoms with Crippen molar-refractivity contribution < 1.29 is 4.79 Å². The molecule has 1 rings (SSSR count). The van der Waals surface area contributed by atoms with Crippen LogP contribution in [0, 0.1) is 5.41 Å². The summed E-state index contributed by atoms with van der Waals surface area (Å²) in [5.74, 6) is -0.0883. The van der Waals surface area contributed by atoms with Crippen LogP contribution in [0.3, 0.4) is 0 Å². The van der Waals surface area contributed by atoms with Crippen LogP contribution in [0.1, 0.15) is 26.3 Å². The van der Waals surface area contributed by atoms with Gasteiger partial charge in [-0.3, -0.25) is 4.79 Å². The normalized spacial score (nSPS) is 11.7. The Kier molecular flexibility index (Phi) is 3.61. The first-order valence-electron chi connectivity index (χ1n) is 4.89. The molecule has 0 unspecified atom stereocenters. The molecule has 1 amide bonds. The Labute approximate surface area is 90.2 Å². The van der Waals surface area contributed by atoms with Crippen molar-refractivity contribution in [3.63, 3.8) is 0 Å². The van der Waals surface area contributed by atoms with E-state index in [9.17, 15) is 4.79 Å². The van der Waals surface area contributed by atoms with Crippen LogP contribution in [0.25, 0.3) is 0 Å². The maximum Gasteiger partial charge on any atom is 0.245 e. The summed E-state index contributed by atoms with van der Waals surface area (Å²) in [5.41, 5.74) is 3.06. The van der Waals surface area contributed by atoms with E-state index in [4.69, 9.17) is 0 Å². The third-order valence-corrected chi connectivity index (χ3v) is 1.86. The Hall–Kier alpha value is -1.64. The summed E-state index contributed by atoms with van der Waals surface area (Å²) in [5, 5.41) is 3.88. The van der Waals surface area contributed by atoms with Crippen molar-refractivity contribution in [2.75, 3.05) is 0 Å². The summed E-state index contributed by atoms with van der Waals surface area (Å²) >= 11 is 0. The predicted octanol–water partition coefficient (Wildman–Crippen LogP) is 2.18. The van der Waals surface area contributed by atoms with Gasteiger partial charge in [-0.05, 0) is 5.56 Å². The highest BCUT2D eigenvalue weighted by Gasteiger charge is 2.20. The molecule has 1 N–H and O–H groups in total. The highest BCUT2D eigenvalue weighted by Crippen LogP contribution is 2.11. The van der Waals surface area contributed by atoms with E-state index in [1.54, 1.807) is 6.21 Å². The Balaban J connectivity index is 2.51.